The Hall–Kier alpha value is -3.03. The highest BCUT2D eigenvalue weighted by molar-refractivity contribution is 6.33. The first-order chi connectivity index (χ1) is 13.9. The lowest BCUT2D eigenvalue weighted by atomic mass is 10.0. The Morgan fingerprint density at radius 3 is 2.34 bits per heavy atom. The van der Waals surface area contributed by atoms with Crippen LogP contribution in [0.4, 0.5) is 8.78 Å². The first-order valence-electron chi connectivity index (χ1n) is 8.32. The molecule has 0 fully saturated rings. The molecule has 5 nitrogen and oxygen atoms in total. The molecule has 0 spiro atoms. The molecule has 0 unspecified atom stereocenters. The van der Waals surface area contributed by atoms with Crippen molar-refractivity contribution in [2.45, 2.75) is 6.43 Å². The molecule has 4 rings (SSSR count). The van der Waals surface area contributed by atoms with Gasteiger partial charge in [-0.05, 0) is 18.2 Å². The first kappa shape index (κ1) is 19.3. The van der Waals surface area contributed by atoms with Crippen LogP contribution in [0.1, 0.15) is 22.5 Å². The highest BCUT2D eigenvalue weighted by Gasteiger charge is 2.29. The summed E-state index contributed by atoms with van der Waals surface area (Å²) in [4.78, 5) is 15.8. The number of carbonyl (C=O) groups is 1. The summed E-state index contributed by atoms with van der Waals surface area (Å²) in [6.07, 6.45) is -1.67. The maximum Gasteiger partial charge on any atom is 0.341 e. The van der Waals surface area contributed by atoms with E-state index in [0.717, 1.165) is 4.52 Å². The van der Waals surface area contributed by atoms with E-state index < -0.39 is 23.7 Å². The molecule has 1 N–H and O–H groups in total. The van der Waals surface area contributed by atoms with Crippen molar-refractivity contribution in [2.24, 2.45) is 0 Å². The third-order valence-electron chi connectivity index (χ3n) is 4.37. The van der Waals surface area contributed by atoms with E-state index in [0.29, 0.717) is 32.4 Å². The third-order valence-corrected chi connectivity index (χ3v) is 4.95. The Balaban J connectivity index is 2.14. The Morgan fingerprint density at radius 1 is 1.03 bits per heavy atom. The van der Waals surface area contributed by atoms with Gasteiger partial charge in [0.05, 0.1) is 5.69 Å². The second kappa shape index (κ2) is 7.42. The van der Waals surface area contributed by atoms with Crippen LogP contribution in [0, 0.1) is 0 Å². The summed E-state index contributed by atoms with van der Waals surface area (Å²) >= 11 is 12.3. The maximum atomic E-state index is 13.5. The number of carboxylic acids is 1. The Morgan fingerprint density at radius 2 is 1.72 bits per heavy atom. The van der Waals surface area contributed by atoms with Crippen LogP contribution >= 0.6 is 23.2 Å². The largest absolute Gasteiger partial charge is 0.477 e. The average molecular weight is 434 g/mol. The van der Waals surface area contributed by atoms with Gasteiger partial charge in [0, 0.05) is 32.9 Å². The van der Waals surface area contributed by atoms with Crippen molar-refractivity contribution < 1.29 is 18.7 Å². The van der Waals surface area contributed by atoms with E-state index in [1.54, 1.807) is 48.5 Å². The predicted octanol–water partition coefficient (Wildman–Crippen LogP) is 6.01. The van der Waals surface area contributed by atoms with Crippen molar-refractivity contribution >= 4 is 34.8 Å². The topological polar surface area (TPSA) is 67.5 Å². The first-order valence-corrected chi connectivity index (χ1v) is 9.08. The zero-order valence-corrected chi connectivity index (χ0v) is 16.0. The van der Waals surface area contributed by atoms with E-state index in [4.69, 9.17) is 23.2 Å². The summed E-state index contributed by atoms with van der Waals surface area (Å²) in [6, 6.07) is 13.6. The van der Waals surface area contributed by atoms with Crippen molar-refractivity contribution in [1.29, 1.82) is 0 Å². The zero-order chi connectivity index (χ0) is 20.7. The highest BCUT2D eigenvalue weighted by Crippen LogP contribution is 2.37. The summed E-state index contributed by atoms with van der Waals surface area (Å²) in [5.74, 6) is -1.53. The minimum Gasteiger partial charge on any atom is -0.477 e. The van der Waals surface area contributed by atoms with Gasteiger partial charge in [0.1, 0.15) is 11.3 Å². The summed E-state index contributed by atoms with van der Waals surface area (Å²) in [5, 5.41) is 14.3. The fraction of sp³-hybridized carbons (Fsp3) is 0.0500. The number of aromatic carboxylic acids is 1. The minimum absolute atomic E-state index is 0.187. The number of carboxylic acid groups (broad SMARTS) is 1. The Labute approximate surface area is 173 Å². The molecule has 0 atom stereocenters. The molecule has 4 aromatic rings. The van der Waals surface area contributed by atoms with Crippen LogP contribution in [0.2, 0.25) is 10.0 Å². The van der Waals surface area contributed by atoms with Gasteiger partial charge < -0.3 is 5.11 Å². The van der Waals surface area contributed by atoms with Crippen molar-refractivity contribution in [2.75, 3.05) is 0 Å². The lowest BCUT2D eigenvalue weighted by molar-refractivity contribution is 0.0686. The number of hydrogen-bond acceptors (Lipinski definition) is 3. The molecule has 146 valence electrons. The molecule has 9 heteroatoms. The van der Waals surface area contributed by atoms with Gasteiger partial charge in [-0.2, -0.15) is 5.10 Å². The van der Waals surface area contributed by atoms with Crippen molar-refractivity contribution in [3.05, 3.63) is 76.0 Å². The Kier molecular flexibility index (Phi) is 4.94. The maximum absolute atomic E-state index is 13.5. The molecule has 0 aliphatic rings. The van der Waals surface area contributed by atoms with Crippen LogP contribution in [0.3, 0.4) is 0 Å². The molecule has 29 heavy (non-hydrogen) atoms. The third kappa shape index (κ3) is 3.32. The van der Waals surface area contributed by atoms with E-state index in [-0.39, 0.29) is 5.65 Å². The van der Waals surface area contributed by atoms with Gasteiger partial charge in [-0.3, -0.25) is 0 Å². The fourth-order valence-electron chi connectivity index (χ4n) is 3.12. The van der Waals surface area contributed by atoms with Gasteiger partial charge >= 0.3 is 5.97 Å². The van der Waals surface area contributed by atoms with E-state index in [2.05, 4.69) is 10.1 Å². The summed E-state index contributed by atoms with van der Waals surface area (Å²) in [7, 11) is 0. The highest BCUT2D eigenvalue weighted by atomic mass is 35.5. The molecule has 0 bridgehead atoms. The number of nitrogens with zero attached hydrogens (tertiary/aromatic N) is 3. The number of alkyl halides is 2. The molecule has 2 heterocycles. The number of benzene rings is 2. The van der Waals surface area contributed by atoms with E-state index in [9.17, 15) is 18.7 Å². The standard InChI is InChI=1S/C20H11Cl2F2N3O2/c21-11-7-5-10(6-8-11)17-13(12-3-1-2-4-14(12)22)9-25-19-15(20(28)29)16(18(23)24)26-27(17)19/h1-9,18H,(H,28,29). The predicted molar refractivity (Wildman–Crippen MR) is 106 cm³/mol. The number of rotatable bonds is 4. The fourth-order valence-corrected chi connectivity index (χ4v) is 3.49. The molecule has 0 radical (unpaired) electrons. The van der Waals surface area contributed by atoms with Crippen LogP contribution in [-0.2, 0) is 0 Å². The molecular weight excluding hydrogens is 423 g/mol. The van der Waals surface area contributed by atoms with Gasteiger partial charge in [0.15, 0.2) is 5.65 Å². The lowest BCUT2D eigenvalue weighted by Crippen LogP contribution is -2.03. The number of aromatic nitrogens is 3. The minimum atomic E-state index is -3.08. The zero-order valence-electron chi connectivity index (χ0n) is 14.5. The van der Waals surface area contributed by atoms with Gasteiger partial charge in [-0.25, -0.2) is 23.1 Å². The van der Waals surface area contributed by atoms with E-state index >= 15 is 0 Å². The second-order valence-corrected chi connectivity index (χ2v) is 6.95. The van der Waals surface area contributed by atoms with E-state index in [1.807, 2.05) is 0 Å². The van der Waals surface area contributed by atoms with Crippen molar-refractivity contribution in [1.82, 2.24) is 14.6 Å². The summed E-state index contributed by atoms with van der Waals surface area (Å²) in [5.41, 5.74) is 0.377. The summed E-state index contributed by atoms with van der Waals surface area (Å²) in [6.45, 7) is 0. The quantitative estimate of drug-likeness (QED) is 0.428. The molecule has 2 aromatic heterocycles. The molecule has 0 amide bonds. The van der Waals surface area contributed by atoms with Crippen LogP contribution < -0.4 is 0 Å². The Bertz CT molecular complexity index is 1240. The van der Waals surface area contributed by atoms with Gasteiger partial charge in [0.2, 0.25) is 0 Å². The lowest BCUT2D eigenvalue weighted by Gasteiger charge is -2.13. The molecule has 2 aromatic carbocycles. The molecule has 0 saturated heterocycles. The van der Waals surface area contributed by atoms with Crippen LogP contribution in [0.5, 0.6) is 0 Å². The van der Waals surface area contributed by atoms with E-state index in [1.165, 1.54) is 6.20 Å². The van der Waals surface area contributed by atoms with Crippen molar-refractivity contribution in [3.8, 4) is 22.4 Å². The SMILES string of the molecule is O=C(O)c1c(C(F)F)nn2c(-c3ccc(Cl)cc3)c(-c3ccccc3Cl)cnc12. The molecule has 0 aliphatic heterocycles. The summed E-state index contributed by atoms with van der Waals surface area (Å²) < 4.78 is 28.1. The van der Waals surface area contributed by atoms with Gasteiger partial charge in [-0.1, -0.05) is 53.5 Å². The molecular formula is C20H11Cl2F2N3O2. The van der Waals surface area contributed by atoms with Crippen LogP contribution in [0.15, 0.2) is 54.7 Å². The molecule has 0 saturated carbocycles. The smallest absolute Gasteiger partial charge is 0.341 e. The van der Waals surface area contributed by atoms with Crippen molar-refractivity contribution in [3.63, 3.8) is 0 Å². The van der Waals surface area contributed by atoms with Gasteiger partial charge in [0.25, 0.3) is 6.43 Å². The second-order valence-electron chi connectivity index (χ2n) is 6.11. The van der Waals surface area contributed by atoms with Crippen LogP contribution in [-0.4, -0.2) is 25.7 Å². The van der Waals surface area contributed by atoms with Crippen LogP contribution in [0.25, 0.3) is 28.0 Å². The van der Waals surface area contributed by atoms with Gasteiger partial charge in [-0.15, -0.1) is 0 Å². The number of hydrogen-bond donors (Lipinski definition) is 1. The number of halogens is 4. The average Bonchev–Trinajstić information content (AvgIpc) is 3.09. The number of fused-ring (bicyclic) bond motifs is 1. The molecule has 0 aliphatic carbocycles. The normalized spacial score (nSPS) is 11.3. The monoisotopic (exact) mass is 433 g/mol.